The van der Waals surface area contributed by atoms with Gasteiger partial charge in [0, 0.05) is 57.4 Å². The van der Waals surface area contributed by atoms with E-state index in [1.807, 2.05) is 25.9 Å². The summed E-state index contributed by atoms with van der Waals surface area (Å²) in [5.74, 6) is 2.83. The van der Waals surface area contributed by atoms with Crippen LogP contribution in [0, 0.1) is 6.92 Å². The summed E-state index contributed by atoms with van der Waals surface area (Å²) in [6, 6.07) is 4.52. The van der Waals surface area contributed by atoms with Crippen molar-refractivity contribution in [3.05, 3.63) is 30.4 Å². The molecule has 0 unspecified atom stereocenters. The van der Waals surface area contributed by atoms with Crippen LogP contribution in [0.25, 0.3) is 11.0 Å². The highest BCUT2D eigenvalue weighted by molar-refractivity contribution is 5.85. The minimum Gasteiger partial charge on any atom is -0.488 e. The van der Waals surface area contributed by atoms with Crippen LogP contribution < -0.4 is 19.9 Å². The molecular weight excluding hydrogens is 432 g/mol. The fraction of sp³-hybridized carbons (Fsp3) is 0.542. The van der Waals surface area contributed by atoms with Crippen molar-refractivity contribution in [1.29, 1.82) is 0 Å². The molecule has 34 heavy (non-hydrogen) atoms. The highest BCUT2D eigenvalue weighted by atomic mass is 16.5. The summed E-state index contributed by atoms with van der Waals surface area (Å²) in [6.45, 7) is 5.11. The predicted molar refractivity (Wildman–Crippen MR) is 132 cm³/mol. The second-order valence-corrected chi connectivity index (χ2v) is 9.10. The van der Waals surface area contributed by atoms with Crippen molar-refractivity contribution in [2.45, 2.75) is 44.8 Å². The number of morpholine rings is 1. The van der Waals surface area contributed by atoms with E-state index in [-0.39, 0.29) is 6.10 Å². The average Bonchev–Trinajstić information content (AvgIpc) is 2.85. The minimum absolute atomic E-state index is 0.139. The van der Waals surface area contributed by atoms with Crippen LogP contribution >= 0.6 is 0 Å². The maximum Gasteiger partial charge on any atom is 0.229 e. The number of fused-ring (bicyclic) bond motifs is 1. The molecule has 0 atom stereocenters. The fourth-order valence-electron chi connectivity index (χ4n) is 4.54. The minimum atomic E-state index is 0.139. The van der Waals surface area contributed by atoms with Gasteiger partial charge in [-0.3, -0.25) is 4.98 Å². The van der Waals surface area contributed by atoms with E-state index in [1.54, 1.807) is 12.4 Å². The lowest BCUT2D eigenvalue weighted by Crippen LogP contribution is -2.36. The number of nitrogens with zero attached hydrogens (tertiary/aromatic N) is 7. The summed E-state index contributed by atoms with van der Waals surface area (Å²) in [7, 11) is 3.87. The molecule has 1 aromatic carbocycles. The van der Waals surface area contributed by atoms with Crippen molar-refractivity contribution >= 4 is 28.6 Å². The average molecular weight is 465 g/mol. The smallest absolute Gasteiger partial charge is 0.229 e. The van der Waals surface area contributed by atoms with Crippen molar-refractivity contribution in [2.75, 3.05) is 55.5 Å². The van der Waals surface area contributed by atoms with Gasteiger partial charge < -0.3 is 24.6 Å². The maximum absolute atomic E-state index is 6.53. The number of hydrogen-bond acceptors (Lipinski definition) is 10. The summed E-state index contributed by atoms with van der Waals surface area (Å²) in [4.78, 5) is 26.7. The van der Waals surface area contributed by atoms with Crippen LogP contribution in [0.1, 0.15) is 31.5 Å². The number of aryl methyl sites for hydroxylation is 1. The van der Waals surface area contributed by atoms with E-state index < -0.39 is 0 Å². The number of nitrogens with one attached hydrogen (secondary N) is 1. The van der Waals surface area contributed by atoms with E-state index in [0.29, 0.717) is 23.8 Å². The monoisotopic (exact) mass is 464 g/mol. The molecule has 0 spiro atoms. The Morgan fingerprint density at radius 1 is 1.00 bits per heavy atom. The molecule has 1 saturated heterocycles. The van der Waals surface area contributed by atoms with Gasteiger partial charge in [-0.05, 0) is 38.7 Å². The van der Waals surface area contributed by atoms with E-state index in [4.69, 9.17) is 9.47 Å². The van der Waals surface area contributed by atoms with E-state index >= 15 is 0 Å². The van der Waals surface area contributed by atoms with E-state index in [2.05, 4.69) is 47.3 Å². The van der Waals surface area contributed by atoms with Crippen molar-refractivity contribution in [2.24, 2.45) is 0 Å². The number of anilines is 3. The molecule has 0 radical (unpaired) electrons. The van der Waals surface area contributed by atoms with E-state index in [0.717, 1.165) is 74.5 Å². The zero-order valence-corrected chi connectivity index (χ0v) is 20.1. The molecule has 1 saturated carbocycles. The Bertz CT molecular complexity index is 1130. The molecular formula is C24H32N8O2. The van der Waals surface area contributed by atoms with Gasteiger partial charge in [-0.25, -0.2) is 4.98 Å². The number of ether oxygens (including phenoxy) is 2. The SMILES string of the molecule is Cc1nc(NC2CCC(Oc3cc(N4CCOCC4)cc4nccnc34)CC2)nc(N(C)C)n1. The molecule has 1 aliphatic heterocycles. The first-order valence-corrected chi connectivity index (χ1v) is 12.0. The number of rotatable bonds is 6. The van der Waals surface area contributed by atoms with Crippen LogP contribution in [-0.4, -0.2) is 77.5 Å². The molecule has 3 aromatic rings. The lowest BCUT2D eigenvalue weighted by molar-refractivity contribution is 0.122. The van der Waals surface area contributed by atoms with Gasteiger partial charge in [-0.2, -0.15) is 15.0 Å². The maximum atomic E-state index is 6.53. The van der Waals surface area contributed by atoms with Crippen LogP contribution in [0.2, 0.25) is 0 Å². The fourth-order valence-corrected chi connectivity index (χ4v) is 4.54. The third-order valence-corrected chi connectivity index (χ3v) is 6.34. The van der Waals surface area contributed by atoms with Crippen LogP contribution in [0.5, 0.6) is 5.75 Å². The highest BCUT2D eigenvalue weighted by Crippen LogP contribution is 2.33. The molecule has 10 nitrogen and oxygen atoms in total. The second kappa shape index (κ2) is 9.92. The summed E-state index contributed by atoms with van der Waals surface area (Å²) in [6.07, 6.45) is 7.47. The lowest BCUT2D eigenvalue weighted by Gasteiger charge is -2.31. The number of aromatic nitrogens is 5. The summed E-state index contributed by atoms with van der Waals surface area (Å²) < 4.78 is 12.0. The topological polar surface area (TPSA) is 101 Å². The number of hydrogen-bond donors (Lipinski definition) is 1. The Labute approximate surface area is 199 Å². The Morgan fingerprint density at radius 3 is 2.53 bits per heavy atom. The Morgan fingerprint density at radius 2 is 1.76 bits per heavy atom. The lowest BCUT2D eigenvalue weighted by atomic mass is 9.93. The van der Waals surface area contributed by atoms with Crippen molar-refractivity contribution in [3.8, 4) is 5.75 Å². The Hall–Kier alpha value is -3.27. The normalized spacial score (nSPS) is 20.9. The molecule has 0 amide bonds. The van der Waals surface area contributed by atoms with E-state index in [1.165, 1.54) is 0 Å². The molecule has 2 fully saturated rings. The number of benzene rings is 1. The predicted octanol–water partition coefficient (Wildman–Crippen LogP) is 2.83. The standard InChI is InChI=1S/C24H32N8O2/c1-16-27-23(30-24(28-16)31(2)3)29-17-4-6-19(7-5-17)34-21-15-18(32-10-12-33-13-11-32)14-20-22(21)26-9-8-25-20/h8-9,14-15,17,19H,4-7,10-13H2,1-3H3,(H,27,28,29,30). The second-order valence-electron chi connectivity index (χ2n) is 9.10. The zero-order chi connectivity index (χ0) is 23.5. The molecule has 3 heterocycles. The summed E-state index contributed by atoms with van der Waals surface area (Å²) >= 11 is 0. The van der Waals surface area contributed by atoms with Gasteiger partial charge in [0.05, 0.1) is 24.8 Å². The van der Waals surface area contributed by atoms with Gasteiger partial charge in [0.1, 0.15) is 17.1 Å². The molecule has 0 bridgehead atoms. The van der Waals surface area contributed by atoms with E-state index in [9.17, 15) is 0 Å². The van der Waals surface area contributed by atoms with Gasteiger partial charge in [0.15, 0.2) is 0 Å². The molecule has 1 aliphatic carbocycles. The van der Waals surface area contributed by atoms with Gasteiger partial charge in [-0.1, -0.05) is 0 Å². The van der Waals surface area contributed by atoms with Crippen molar-refractivity contribution in [3.63, 3.8) is 0 Å². The molecule has 2 aliphatic rings. The van der Waals surface area contributed by atoms with Crippen molar-refractivity contribution < 1.29 is 9.47 Å². The zero-order valence-electron chi connectivity index (χ0n) is 20.1. The quantitative estimate of drug-likeness (QED) is 0.586. The molecule has 5 rings (SSSR count). The Balaban J connectivity index is 1.26. The van der Waals surface area contributed by atoms with Crippen molar-refractivity contribution in [1.82, 2.24) is 24.9 Å². The van der Waals surface area contributed by atoms with Gasteiger partial charge >= 0.3 is 0 Å². The van der Waals surface area contributed by atoms with Crippen LogP contribution in [0.4, 0.5) is 17.6 Å². The van der Waals surface area contributed by atoms with Crippen LogP contribution in [0.3, 0.4) is 0 Å². The first kappa shape index (κ1) is 22.5. The third-order valence-electron chi connectivity index (χ3n) is 6.34. The molecule has 2 aromatic heterocycles. The largest absolute Gasteiger partial charge is 0.488 e. The summed E-state index contributed by atoms with van der Waals surface area (Å²) in [5, 5.41) is 3.50. The first-order chi connectivity index (χ1) is 16.5. The molecule has 180 valence electrons. The highest BCUT2D eigenvalue weighted by Gasteiger charge is 2.25. The molecule has 1 N–H and O–H groups in total. The Kier molecular flexibility index (Phi) is 6.57. The van der Waals surface area contributed by atoms with Gasteiger partial charge in [0.25, 0.3) is 0 Å². The van der Waals surface area contributed by atoms with Crippen LogP contribution in [-0.2, 0) is 4.74 Å². The first-order valence-electron chi connectivity index (χ1n) is 12.0. The summed E-state index contributed by atoms with van der Waals surface area (Å²) in [5.41, 5.74) is 2.79. The molecule has 10 heteroatoms. The van der Waals surface area contributed by atoms with Crippen LogP contribution in [0.15, 0.2) is 24.5 Å². The third kappa shape index (κ3) is 5.11. The van der Waals surface area contributed by atoms with Gasteiger partial charge in [0.2, 0.25) is 11.9 Å². The van der Waals surface area contributed by atoms with Gasteiger partial charge in [-0.15, -0.1) is 0 Å².